The number of ether oxygens (including phenoxy) is 1. The van der Waals surface area contributed by atoms with Crippen LogP contribution < -0.4 is 5.32 Å². The van der Waals surface area contributed by atoms with E-state index in [0.29, 0.717) is 17.7 Å². The third kappa shape index (κ3) is 3.21. The second-order valence-corrected chi connectivity index (χ2v) is 6.28. The molecule has 1 N–H and O–H groups in total. The summed E-state index contributed by atoms with van der Waals surface area (Å²) in [5.74, 6) is 0.904. The monoisotopic (exact) mass is 240 g/mol. The molecule has 100 valence electrons. The number of hydrogen-bond acceptors (Lipinski definition) is 3. The maximum atomic E-state index is 5.71. The number of hydrogen-bond donors (Lipinski definition) is 1. The predicted octanol–water partition coefficient (Wildman–Crippen LogP) is 1.87. The van der Waals surface area contributed by atoms with Crippen molar-refractivity contribution in [3.63, 3.8) is 0 Å². The molecule has 2 rings (SSSR count). The summed E-state index contributed by atoms with van der Waals surface area (Å²) in [6.07, 6.45) is 3.17. The first-order valence-corrected chi connectivity index (χ1v) is 7.12. The highest BCUT2D eigenvalue weighted by Crippen LogP contribution is 2.43. The van der Waals surface area contributed by atoms with E-state index in [1.54, 1.807) is 0 Å². The van der Waals surface area contributed by atoms with E-state index in [1.165, 1.54) is 12.8 Å². The van der Waals surface area contributed by atoms with Crippen molar-refractivity contribution >= 4 is 0 Å². The molecule has 1 aliphatic heterocycles. The van der Waals surface area contributed by atoms with Gasteiger partial charge in [-0.25, -0.2) is 0 Å². The van der Waals surface area contributed by atoms with Gasteiger partial charge in [-0.05, 0) is 46.5 Å². The number of nitrogens with one attached hydrogen (secondary N) is 1. The lowest BCUT2D eigenvalue weighted by atomic mass is 9.90. The first kappa shape index (κ1) is 13.3. The molecule has 2 unspecified atom stereocenters. The van der Waals surface area contributed by atoms with E-state index in [2.05, 4.69) is 37.9 Å². The highest BCUT2D eigenvalue weighted by atomic mass is 16.5. The standard InChI is InChI=1S/C14H28N2O/c1-11(2)17-8-7-16-9-12(3)15-10-14(16,4)13-5-6-13/h11-13,15H,5-10H2,1-4H3. The van der Waals surface area contributed by atoms with Gasteiger partial charge in [-0.3, -0.25) is 4.90 Å². The number of nitrogens with zero attached hydrogens (tertiary/aromatic N) is 1. The van der Waals surface area contributed by atoms with Gasteiger partial charge in [-0.15, -0.1) is 0 Å². The molecule has 0 aromatic rings. The van der Waals surface area contributed by atoms with Gasteiger partial charge in [0.1, 0.15) is 0 Å². The fraction of sp³-hybridized carbons (Fsp3) is 1.00. The normalized spacial score (nSPS) is 35.5. The van der Waals surface area contributed by atoms with Crippen LogP contribution in [0.3, 0.4) is 0 Å². The van der Waals surface area contributed by atoms with E-state index < -0.39 is 0 Å². The van der Waals surface area contributed by atoms with Gasteiger partial charge in [-0.2, -0.15) is 0 Å². The molecular weight excluding hydrogens is 212 g/mol. The Morgan fingerprint density at radius 2 is 2.12 bits per heavy atom. The van der Waals surface area contributed by atoms with Crippen LogP contribution >= 0.6 is 0 Å². The summed E-state index contributed by atoms with van der Waals surface area (Å²) in [4.78, 5) is 2.66. The molecule has 2 atom stereocenters. The molecule has 0 radical (unpaired) electrons. The first-order chi connectivity index (χ1) is 8.02. The van der Waals surface area contributed by atoms with Crippen molar-refractivity contribution in [3.05, 3.63) is 0 Å². The molecule has 0 aromatic carbocycles. The lowest BCUT2D eigenvalue weighted by molar-refractivity contribution is -0.00367. The van der Waals surface area contributed by atoms with Crippen molar-refractivity contribution in [2.24, 2.45) is 5.92 Å². The molecule has 0 aromatic heterocycles. The molecule has 3 nitrogen and oxygen atoms in total. The second kappa shape index (κ2) is 5.25. The summed E-state index contributed by atoms with van der Waals surface area (Å²) < 4.78 is 5.71. The Morgan fingerprint density at radius 3 is 2.71 bits per heavy atom. The van der Waals surface area contributed by atoms with Gasteiger partial charge in [-0.1, -0.05) is 0 Å². The van der Waals surface area contributed by atoms with Crippen LogP contribution in [0.2, 0.25) is 0 Å². The Kier molecular flexibility index (Phi) is 4.11. The Morgan fingerprint density at radius 1 is 1.41 bits per heavy atom. The van der Waals surface area contributed by atoms with Gasteiger partial charge in [0.25, 0.3) is 0 Å². The predicted molar refractivity (Wildman–Crippen MR) is 71.3 cm³/mol. The summed E-state index contributed by atoms with van der Waals surface area (Å²) in [6.45, 7) is 13.2. The highest BCUT2D eigenvalue weighted by molar-refractivity contribution is 5.04. The van der Waals surface area contributed by atoms with Crippen molar-refractivity contribution in [1.29, 1.82) is 0 Å². The van der Waals surface area contributed by atoms with E-state index in [0.717, 1.165) is 32.2 Å². The molecule has 0 amide bonds. The van der Waals surface area contributed by atoms with Gasteiger partial charge < -0.3 is 10.1 Å². The van der Waals surface area contributed by atoms with Crippen LogP contribution in [0.4, 0.5) is 0 Å². The zero-order chi connectivity index (χ0) is 12.5. The summed E-state index contributed by atoms with van der Waals surface area (Å²) in [5, 5.41) is 3.64. The Labute approximate surface area is 106 Å². The smallest absolute Gasteiger partial charge is 0.0597 e. The fourth-order valence-electron chi connectivity index (χ4n) is 2.95. The van der Waals surface area contributed by atoms with Crippen LogP contribution in [0.1, 0.15) is 40.5 Å². The van der Waals surface area contributed by atoms with E-state index >= 15 is 0 Å². The topological polar surface area (TPSA) is 24.5 Å². The quantitative estimate of drug-likeness (QED) is 0.794. The van der Waals surface area contributed by atoms with Gasteiger partial charge in [0, 0.05) is 31.2 Å². The van der Waals surface area contributed by atoms with Crippen LogP contribution in [0.5, 0.6) is 0 Å². The summed E-state index contributed by atoms with van der Waals surface area (Å²) in [7, 11) is 0. The Balaban J connectivity index is 1.89. The molecule has 1 heterocycles. The van der Waals surface area contributed by atoms with Gasteiger partial charge in [0.2, 0.25) is 0 Å². The maximum Gasteiger partial charge on any atom is 0.0597 e. The van der Waals surface area contributed by atoms with Gasteiger partial charge >= 0.3 is 0 Å². The second-order valence-electron chi connectivity index (χ2n) is 6.28. The molecule has 3 heteroatoms. The summed E-state index contributed by atoms with van der Waals surface area (Å²) >= 11 is 0. The van der Waals surface area contributed by atoms with Crippen LogP contribution in [0.25, 0.3) is 0 Å². The van der Waals surface area contributed by atoms with Gasteiger partial charge in [0.05, 0.1) is 12.7 Å². The van der Waals surface area contributed by atoms with Crippen molar-refractivity contribution < 1.29 is 4.74 Å². The largest absolute Gasteiger partial charge is 0.377 e. The van der Waals surface area contributed by atoms with E-state index in [1.807, 2.05) is 0 Å². The lowest BCUT2D eigenvalue weighted by Crippen LogP contribution is -2.64. The van der Waals surface area contributed by atoms with Crippen LogP contribution in [-0.2, 0) is 4.74 Å². The van der Waals surface area contributed by atoms with Crippen molar-refractivity contribution in [2.45, 2.75) is 58.2 Å². The lowest BCUT2D eigenvalue weighted by Gasteiger charge is -2.48. The average molecular weight is 240 g/mol. The molecule has 1 saturated carbocycles. The SMILES string of the molecule is CC1CN(CCOC(C)C)C(C)(C2CC2)CN1. The minimum absolute atomic E-state index is 0.350. The molecule has 0 spiro atoms. The minimum Gasteiger partial charge on any atom is -0.377 e. The fourth-order valence-corrected chi connectivity index (χ4v) is 2.95. The maximum absolute atomic E-state index is 5.71. The van der Waals surface area contributed by atoms with Crippen molar-refractivity contribution in [3.8, 4) is 0 Å². The minimum atomic E-state index is 0.350. The van der Waals surface area contributed by atoms with E-state index in [9.17, 15) is 0 Å². The van der Waals surface area contributed by atoms with Crippen LogP contribution in [0.15, 0.2) is 0 Å². The van der Waals surface area contributed by atoms with E-state index in [-0.39, 0.29) is 0 Å². The van der Waals surface area contributed by atoms with Crippen LogP contribution in [0, 0.1) is 5.92 Å². The van der Waals surface area contributed by atoms with Crippen molar-refractivity contribution in [2.75, 3.05) is 26.2 Å². The molecular formula is C14H28N2O. The number of rotatable bonds is 5. The molecule has 17 heavy (non-hydrogen) atoms. The zero-order valence-electron chi connectivity index (χ0n) is 11.8. The Hall–Kier alpha value is -0.120. The third-order valence-electron chi connectivity index (χ3n) is 4.29. The molecule has 2 fully saturated rings. The number of piperazine rings is 1. The molecule has 1 saturated heterocycles. The molecule has 1 aliphatic carbocycles. The van der Waals surface area contributed by atoms with E-state index in [4.69, 9.17) is 4.74 Å². The third-order valence-corrected chi connectivity index (χ3v) is 4.29. The Bertz CT molecular complexity index is 253. The summed E-state index contributed by atoms with van der Waals surface area (Å²) in [5.41, 5.74) is 0.368. The molecule has 2 aliphatic rings. The zero-order valence-corrected chi connectivity index (χ0v) is 11.8. The van der Waals surface area contributed by atoms with Gasteiger partial charge in [0.15, 0.2) is 0 Å². The van der Waals surface area contributed by atoms with Crippen LogP contribution in [-0.4, -0.2) is 48.8 Å². The van der Waals surface area contributed by atoms with Crippen molar-refractivity contribution in [1.82, 2.24) is 10.2 Å². The first-order valence-electron chi connectivity index (χ1n) is 7.12. The average Bonchev–Trinajstić information content (AvgIpc) is 3.06. The highest BCUT2D eigenvalue weighted by Gasteiger charge is 2.47. The summed E-state index contributed by atoms with van der Waals surface area (Å²) in [6, 6.07) is 0.612. The molecule has 0 bridgehead atoms.